The zero-order valence-corrected chi connectivity index (χ0v) is 23.2. The number of nitrogen functional groups attached to an aromatic ring is 1. The van der Waals surface area contributed by atoms with Gasteiger partial charge in [-0.25, -0.2) is 14.2 Å². The summed E-state index contributed by atoms with van der Waals surface area (Å²) in [5, 5.41) is 11.6. The van der Waals surface area contributed by atoms with Crippen LogP contribution in [0.25, 0.3) is 10.2 Å². The number of hydrogen-bond donors (Lipinski definition) is 2. The van der Waals surface area contributed by atoms with Crippen LogP contribution in [0.4, 0.5) is 9.52 Å². The molecule has 3 aromatic rings. The number of fused-ring (bicyclic) bond motifs is 1. The van der Waals surface area contributed by atoms with E-state index < -0.39 is 11.6 Å². The van der Waals surface area contributed by atoms with Crippen LogP contribution in [-0.4, -0.2) is 21.7 Å². The maximum absolute atomic E-state index is 14.1. The molecule has 1 aliphatic heterocycles. The van der Waals surface area contributed by atoms with E-state index in [-0.39, 0.29) is 34.2 Å². The molecule has 5 nitrogen and oxygen atoms in total. The second kappa shape index (κ2) is 9.71. The molecule has 0 aliphatic carbocycles. The summed E-state index contributed by atoms with van der Waals surface area (Å²) >= 11 is 2.62. The summed E-state index contributed by atoms with van der Waals surface area (Å²) in [6, 6.07) is 9.03. The molecule has 0 radical (unpaired) electrons. The number of aryl methyl sites for hydroxylation is 1. The van der Waals surface area contributed by atoms with Crippen LogP contribution in [0.15, 0.2) is 45.9 Å². The Labute approximate surface area is 220 Å². The predicted octanol–water partition coefficient (Wildman–Crippen LogP) is 7.46. The lowest BCUT2D eigenvalue weighted by atomic mass is 9.79. The number of carbonyl (C=O) groups is 1. The lowest BCUT2D eigenvalue weighted by molar-refractivity contribution is -0.164. The van der Waals surface area contributed by atoms with Crippen LogP contribution < -0.4 is 5.73 Å². The van der Waals surface area contributed by atoms with Gasteiger partial charge in [0.1, 0.15) is 22.1 Å². The SMILES string of the molecule is Cc1c(F)cccc1CCC1(C(C)C)CC(O)=C(Sc2cc3sc(N)nc3cc2C(C)(C)C)C(=O)O1. The molecule has 0 fully saturated rings. The van der Waals surface area contributed by atoms with E-state index >= 15 is 0 Å². The highest BCUT2D eigenvalue weighted by molar-refractivity contribution is 8.04. The molecule has 0 saturated heterocycles. The summed E-state index contributed by atoms with van der Waals surface area (Å²) in [5.74, 6) is -0.782. The van der Waals surface area contributed by atoms with Crippen LogP contribution in [0.1, 0.15) is 64.2 Å². The van der Waals surface area contributed by atoms with E-state index in [9.17, 15) is 14.3 Å². The number of benzene rings is 2. The van der Waals surface area contributed by atoms with Gasteiger partial charge in [-0.15, -0.1) is 0 Å². The van der Waals surface area contributed by atoms with Gasteiger partial charge in [0.05, 0.1) is 10.2 Å². The molecule has 4 rings (SSSR count). The molecule has 1 aliphatic rings. The first-order valence-electron chi connectivity index (χ1n) is 12.1. The van der Waals surface area contributed by atoms with Crippen molar-refractivity contribution in [3.63, 3.8) is 0 Å². The number of anilines is 1. The van der Waals surface area contributed by atoms with E-state index in [4.69, 9.17) is 10.5 Å². The third kappa shape index (κ3) is 5.11. The molecular formula is C28H33FN2O3S2. The van der Waals surface area contributed by atoms with Crippen molar-refractivity contribution in [2.24, 2.45) is 5.92 Å². The van der Waals surface area contributed by atoms with Gasteiger partial charge in [0.2, 0.25) is 0 Å². The van der Waals surface area contributed by atoms with Gasteiger partial charge in [-0.05, 0) is 66.0 Å². The lowest BCUT2D eigenvalue weighted by Gasteiger charge is -2.40. The Hall–Kier alpha value is -2.58. The van der Waals surface area contributed by atoms with Crippen molar-refractivity contribution >= 4 is 44.4 Å². The third-order valence-corrected chi connectivity index (χ3v) is 9.00. The molecule has 2 heterocycles. The minimum atomic E-state index is -0.868. The van der Waals surface area contributed by atoms with Gasteiger partial charge >= 0.3 is 5.97 Å². The van der Waals surface area contributed by atoms with Gasteiger partial charge in [0.15, 0.2) is 5.13 Å². The van der Waals surface area contributed by atoms with Gasteiger partial charge in [-0.1, -0.05) is 69.9 Å². The van der Waals surface area contributed by atoms with Gasteiger partial charge in [0, 0.05) is 11.3 Å². The average molecular weight is 529 g/mol. The van der Waals surface area contributed by atoms with Gasteiger partial charge in [-0.2, -0.15) is 0 Å². The van der Waals surface area contributed by atoms with Crippen LogP contribution in [0, 0.1) is 18.7 Å². The molecule has 2 aromatic carbocycles. The predicted molar refractivity (Wildman–Crippen MR) is 146 cm³/mol. The number of aliphatic hydroxyl groups excluding tert-OH is 1. The standard InChI is InChI=1S/C28H33FN2O3S2/c1-15(2)28(11-10-17-8-7-9-19(29)16(17)3)14-21(32)24(25(33)34-28)35-22-13-23-20(31-26(30)36-23)12-18(22)27(4,5)6/h7-9,12-13,15,32H,10-11,14H2,1-6H3,(H2,30,31). The Bertz CT molecular complexity index is 1360. The van der Waals surface area contributed by atoms with Gasteiger partial charge < -0.3 is 15.6 Å². The maximum Gasteiger partial charge on any atom is 0.349 e. The van der Waals surface area contributed by atoms with Gasteiger partial charge in [-0.3, -0.25) is 0 Å². The number of aromatic nitrogens is 1. The number of carbonyl (C=O) groups excluding carboxylic acids is 1. The largest absolute Gasteiger partial charge is 0.511 e. The second-order valence-corrected chi connectivity index (χ2v) is 12.9. The first kappa shape index (κ1) is 26.5. The van der Waals surface area contributed by atoms with E-state index in [1.165, 1.54) is 29.2 Å². The number of hydrogen-bond acceptors (Lipinski definition) is 7. The highest BCUT2D eigenvalue weighted by Crippen LogP contribution is 2.46. The van der Waals surface area contributed by atoms with Crippen LogP contribution in [0.5, 0.6) is 0 Å². The summed E-state index contributed by atoms with van der Waals surface area (Å²) < 4.78 is 21.1. The Morgan fingerprint density at radius 2 is 2.03 bits per heavy atom. The molecule has 0 spiro atoms. The number of cyclic esters (lactones) is 1. The van der Waals surface area contributed by atoms with E-state index in [0.29, 0.717) is 23.5 Å². The normalized spacial score (nSPS) is 18.8. The fourth-order valence-electron chi connectivity index (χ4n) is 4.62. The molecule has 192 valence electrons. The number of esters is 1. The summed E-state index contributed by atoms with van der Waals surface area (Å²) in [6.45, 7) is 12.0. The minimum Gasteiger partial charge on any atom is -0.511 e. The van der Waals surface area contributed by atoms with E-state index in [1.807, 2.05) is 32.0 Å². The van der Waals surface area contributed by atoms with Crippen molar-refractivity contribution in [3.8, 4) is 0 Å². The highest BCUT2D eigenvalue weighted by Gasteiger charge is 2.44. The number of ether oxygens (including phenoxy) is 1. The topological polar surface area (TPSA) is 85.4 Å². The molecule has 36 heavy (non-hydrogen) atoms. The fraction of sp³-hybridized carbons (Fsp3) is 0.429. The zero-order chi connectivity index (χ0) is 26.4. The molecule has 1 atom stereocenters. The number of rotatable bonds is 6. The molecule has 1 aromatic heterocycles. The molecular weight excluding hydrogens is 495 g/mol. The minimum absolute atomic E-state index is 0.0321. The van der Waals surface area contributed by atoms with Crippen molar-refractivity contribution < 1.29 is 19.0 Å². The number of nitrogens with zero attached hydrogens (tertiary/aromatic N) is 1. The smallest absolute Gasteiger partial charge is 0.349 e. The molecule has 0 amide bonds. The van der Waals surface area contributed by atoms with Crippen LogP contribution in [0.2, 0.25) is 0 Å². The van der Waals surface area contributed by atoms with E-state index in [2.05, 4.69) is 25.8 Å². The fourth-order valence-corrected chi connectivity index (χ4v) is 6.64. The average Bonchev–Trinajstić information content (AvgIpc) is 3.15. The van der Waals surface area contributed by atoms with Crippen molar-refractivity contribution in [1.29, 1.82) is 0 Å². The Kier molecular flexibility index (Phi) is 7.14. The third-order valence-electron chi connectivity index (χ3n) is 6.99. The summed E-state index contributed by atoms with van der Waals surface area (Å²) in [6.07, 6.45) is 1.25. The van der Waals surface area contributed by atoms with E-state index in [0.717, 1.165) is 26.2 Å². The monoisotopic (exact) mass is 528 g/mol. The molecule has 3 N–H and O–H groups in total. The maximum atomic E-state index is 14.1. The Morgan fingerprint density at radius 3 is 2.67 bits per heavy atom. The van der Waals surface area contributed by atoms with Crippen LogP contribution >= 0.6 is 23.1 Å². The van der Waals surface area contributed by atoms with Crippen molar-refractivity contribution in [1.82, 2.24) is 4.98 Å². The summed E-state index contributed by atoms with van der Waals surface area (Å²) in [7, 11) is 0. The summed E-state index contributed by atoms with van der Waals surface area (Å²) in [5.41, 5.74) is 8.16. The number of aliphatic hydroxyl groups is 1. The lowest BCUT2D eigenvalue weighted by Crippen LogP contribution is -2.44. The Balaban J connectivity index is 1.66. The van der Waals surface area contributed by atoms with E-state index in [1.54, 1.807) is 13.0 Å². The molecule has 8 heteroatoms. The molecule has 0 bridgehead atoms. The van der Waals surface area contributed by atoms with Crippen molar-refractivity contribution in [3.05, 3.63) is 63.5 Å². The number of thiazole rings is 1. The summed E-state index contributed by atoms with van der Waals surface area (Å²) in [4.78, 5) is 18.8. The van der Waals surface area contributed by atoms with Crippen molar-refractivity contribution in [2.45, 2.75) is 76.7 Å². The number of halogens is 1. The molecule has 1 unspecified atom stereocenters. The quantitative estimate of drug-likeness (QED) is 0.323. The first-order chi connectivity index (χ1) is 16.8. The van der Waals surface area contributed by atoms with Gasteiger partial charge in [0.25, 0.3) is 0 Å². The highest BCUT2D eigenvalue weighted by atomic mass is 32.2. The number of nitrogens with two attached hydrogens (primary N) is 1. The molecule has 0 saturated carbocycles. The first-order valence-corrected chi connectivity index (χ1v) is 13.7. The van der Waals surface area contributed by atoms with Crippen LogP contribution in [0.3, 0.4) is 0 Å². The second-order valence-electron chi connectivity index (χ2n) is 10.8. The zero-order valence-electron chi connectivity index (χ0n) is 21.6. The Morgan fingerprint density at radius 1 is 1.31 bits per heavy atom. The van der Waals surface area contributed by atoms with Crippen LogP contribution in [-0.2, 0) is 21.4 Å². The van der Waals surface area contributed by atoms with Crippen molar-refractivity contribution in [2.75, 3.05) is 5.73 Å². The number of thioether (sulfide) groups is 1.